The molecule has 3 rings (SSSR count). The van der Waals surface area contributed by atoms with E-state index in [9.17, 15) is 0 Å². The fourth-order valence-electron chi connectivity index (χ4n) is 2.56. The molecule has 22 heavy (non-hydrogen) atoms. The molecule has 1 aliphatic rings. The van der Waals surface area contributed by atoms with E-state index in [1.54, 1.807) is 6.33 Å². The third-order valence-electron chi connectivity index (χ3n) is 3.91. The van der Waals surface area contributed by atoms with Gasteiger partial charge in [-0.1, -0.05) is 18.5 Å². The van der Waals surface area contributed by atoms with Crippen LogP contribution in [-0.2, 0) is 0 Å². The summed E-state index contributed by atoms with van der Waals surface area (Å²) in [6.45, 7) is 7.49. The number of aromatic nitrogens is 2. The van der Waals surface area contributed by atoms with Crippen molar-refractivity contribution < 1.29 is 0 Å². The van der Waals surface area contributed by atoms with Gasteiger partial charge < -0.3 is 15.1 Å². The van der Waals surface area contributed by atoms with Crippen LogP contribution >= 0.6 is 11.6 Å². The van der Waals surface area contributed by atoms with Gasteiger partial charge in [0.05, 0.1) is 0 Å². The Kier molecular flexibility index (Phi) is 4.75. The number of hydrogen-bond donors (Lipinski definition) is 1. The summed E-state index contributed by atoms with van der Waals surface area (Å²) in [5.74, 6) is 1.77. The maximum absolute atomic E-state index is 5.90. The molecule has 0 radical (unpaired) electrons. The second kappa shape index (κ2) is 6.94. The van der Waals surface area contributed by atoms with Crippen molar-refractivity contribution >= 4 is 28.9 Å². The van der Waals surface area contributed by atoms with Gasteiger partial charge in [-0.05, 0) is 30.8 Å². The Morgan fingerprint density at radius 3 is 2.50 bits per heavy atom. The van der Waals surface area contributed by atoms with Crippen molar-refractivity contribution in [2.45, 2.75) is 6.92 Å². The Morgan fingerprint density at radius 1 is 1.09 bits per heavy atom. The number of likely N-dealkylation sites (N-methyl/N-ethyl adjacent to an activating group) is 1. The van der Waals surface area contributed by atoms with Crippen LogP contribution in [0.5, 0.6) is 0 Å². The van der Waals surface area contributed by atoms with Gasteiger partial charge in [0.1, 0.15) is 18.0 Å². The SMILES string of the molecule is CCN1CCN(c2cc(Nc3ccc(Cl)cc3)ncn2)CC1. The molecule has 1 aliphatic heterocycles. The predicted molar refractivity (Wildman–Crippen MR) is 91.1 cm³/mol. The quantitative estimate of drug-likeness (QED) is 0.939. The first-order chi connectivity index (χ1) is 10.7. The van der Waals surface area contributed by atoms with E-state index >= 15 is 0 Å². The molecule has 1 N–H and O–H groups in total. The van der Waals surface area contributed by atoms with E-state index in [0.717, 1.165) is 55.1 Å². The molecule has 0 saturated carbocycles. The number of benzene rings is 1. The van der Waals surface area contributed by atoms with Gasteiger partial charge in [-0.3, -0.25) is 0 Å². The van der Waals surface area contributed by atoms with Crippen molar-refractivity contribution in [2.75, 3.05) is 42.9 Å². The van der Waals surface area contributed by atoms with Crippen molar-refractivity contribution in [1.82, 2.24) is 14.9 Å². The molecule has 1 saturated heterocycles. The van der Waals surface area contributed by atoms with Gasteiger partial charge in [0.2, 0.25) is 0 Å². The van der Waals surface area contributed by atoms with Crippen molar-refractivity contribution in [1.29, 1.82) is 0 Å². The first-order valence-corrected chi connectivity index (χ1v) is 7.94. The second-order valence-electron chi connectivity index (χ2n) is 5.31. The molecule has 5 nitrogen and oxygen atoms in total. The van der Waals surface area contributed by atoms with Gasteiger partial charge >= 0.3 is 0 Å². The molecular weight excluding hydrogens is 298 g/mol. The number of piperazine rings is 1. The van der Waals surface area contributed by atoms with Crippen LogP contribution in [0.25, 0.3) is 0 Å². The van der Waals surface area contributed by atoms with Crippen LogP contribution in [-0.4, -0.2) is 47.6 Å². The van der Waals surface area contributed by atoms with E-state index in [1.807, 2.05) is 30.3 Å². The Labute approximate surface area is 135 Å². The molecule has 1 aromatic heterocycles. The number of anilines is 3. The molecule has 2 heterocycles. The van der Waals surface area contributed by atoms with Crippen molar-refractivity contribution in [3.05, 3.63) is 41.7 Å². The topological polar surface area (TPSA) is 44.3 Å². The summed E-state index contributed by atoms with van der Waals surface area (Å²) in [4.78, 5) is 13.5. The normalized spacial score (nSPS) is 15.8. The molecule has 6 heteroatoms. The average Bonchev–Trinajstić information content (AvgIpc) is 2.57. The molecular formula is C16H20ClN5. The molecule has 2 aromatic rings. The van der Waals surface area contributed by atoms with E-state index in [-0.39, 0.29) is 0 Å². The van der Waals surface area contributed by atoms with Crippen LogP contribution in [0.3, 0.4) is 0 Å². The van der Waals surface area contributed by atoms with Gasteiger partial charge in [0, 0.05) is 43.0 Å². The minimum Gasteiger partial charge on any atom is -0.354 e. The van der Waals surface area contributed by atoms with Crippen molar-refractivity contribution in [3.63, 3.8) is 0 Å². The summed E-state index contributed by atoms with van der Waals surface area (Å²) in [5, 5.41) is 4.01. The standard InChI is InChI=1S/C16H20ClN5/c1-2-21-7-9-22(10-8-21)16-11-15(18-12-19-16)20-14-5-3-13(17)4-6-14/h3-6,11-12H,2,7-10H2,1H3,(H,18,19,20). The van der Waals surface area contributed by atoms with Crippen LogP contribution in [0.1, 0.15) is 6.92 Å². The first-order valence-electron chi connectivity index (χ1n) is 7.56. The van der Waals surface area contributed by atoms with E-state index in [0.29, 0.717) is 0 Å². The Morgan fingerprint density at radius 2 is 1.82 bits per heavy atom. The highest BCUT2D eigenvalue weighted by molar-refractivity contribution is 6.30. The Hall–Kier alpha value is -1.85. The lowest BCUT2D eigenvalue weighted by Gasteiger charge is -2.34. The van der Waals surface area contributed by atoms with Gasteiger partial charge in [0.25, 0.3) is 0 Å². The van der Waals surface area contributed by atoms with Gasteiger partial charge in [-0.25, -0.2) is 9.97 Å². The lowest BCUT2D eigenvalue weighted by atomic mass is 10.3. The zero-order chi connectivity index (χ0) is 15.4. The largest absolute Gasteiger partial charge is 0.354 e. The van der Waals surface area contributed by atoms with Gasteiger partial charge in [0.15, 0.2) is 0 Å². The van der Waals surface area contributed by atoms with Gasteiger partial charge in [-0.2, -0.15) is 0 Å². The lowest BCUT2D eigenvalue weighted by molar-refractivity contribution is 0.270. The van der Waals surface area contributed by atoms with E-state index in [2.05, 4.69) is 32.0 Å². The molecule has 0 aliphatic carbocycles. The minimum absolute atomic E-state index is 0.725. The lowest BCUT2D eigenvalue weighted by Crippen LogP contribution is -2.46. The summed E-state index contributed by atoms with van der Waals surface area (Å²) in [6.07, 6.45) is 1.61. The number of rotatable bonds is 4. The maximum atomic E-state index is 5.90. The highest BCUT2D eigenvalue weighted by Gasteiger charge is 2.17. The first kappa shape index (κ1) is 15.1. The highest BCUT2D eigenvalue weighted by Crippen LogP contribution is 2.20. The van der Waals surface area contributed by atoms with E-state index in [4.69, 9.17) is 11.6 Å². The zero-order valence-corrected chi connectivity index (χ0v) is 13.4. The molecule has 0 atom stereocenters. The molecule has 0 spiro atoms. The number of hydrogen-bond acceptors (Lipinski definition) is 5. The number of nitrogens with zero attached hydrogens (tertiary/aromatic N) is 4. The fraction of sp³-hybridized carbons (Fsp3) is 0.375. The van der Waals surface area contributed by atoms with Crippen LogP contribution in [0, 0.1) is 0 Å². The van der Waals surface area contributed by atoms with Gasteiger partial charge in [-0.15, -0.1) is 0 Å². The van der Waals surface area contributed by atoms with Crippen LogP contribution in [0.4, 0.5) is 17.3 Å². The maximum Gasteiger partial charge on any atom is 0.135 e. The molecule has 0 amide bonds. The van der Waals surface area contributed by atoms with E-state index < -0.39 is 0 Å². The Bertz CT molecular complexity index is 608. The van der Waals surface area contributed by atoms with Crippen LogP contribution < -0.4 is 10.2 Å². The average molecular weight is 318 g/mol. The smallest absolute Gasteiger partial charge is 0.135 e. The molecule has 0 unspecified atom stereocenters. The minimum atomic E-state index is 0.725. The summed E-state index contributed by atoms with van der Waals surface area (Å²) in [5.41, 5.74) is 0.963. The monoisotopic (exact) mass is 317 g/mol. The van der Waals surface area contributed by atoms with Crippen LogP contribution in [0.2, 0.25) is 5.02 Å². The zero-order valence-electron chi connectivity index (χ0n) is 12.7. The van der Waals surface area contributed by atoms with E-state index in [1.165, 1.54) is 0 Å². The fourth-order valence-corrected chi connectivity index (χ4v) is 2.69. The summed E-state index contributed by atoms with van der Waals surface area (Å²) < 4.78 is 0. The molecule has 1 fully saturated rings. The highest BCUT2D eigenvalue weighted by atomic mass is 35.5. The van der Waals surface area contributed by atoms with Crippen molar-refractivity contribution in [2.24, 2.45) is 0 Å². The molecule has 116 valence electrons. The van der Waals surface area contributed by atoms with Crippen molar-refractivity contribution in [3.8, 4) is 0 Å². The summed E-state index contributed by atoms with van der Waals surface area (Å²) >= 11 is 5.90. The molecule has 0 bridgehead atoms. The Balaban J connectivity index is 1.68. The molecule has 1 aromatic carbocycles. The summed E-state index contributed by atoms with van der Waals surface area (Å²) in [7, 11) is 0. The predicted octanol–water partition coefficient (Wildman–Crippen LogP) is 3.02. The number of halogens is 1. The van der Waals surface area contributed by atoms with Crippen LogP contribution in [0.15, 0.2) is 36.7 Å². The second-order valence-corrected chi connectivity index (χ2v) is 5.75. The third-order valence-corrected chi connectivity index (χ3v) is 4.16. The third kappa shape index (κ3) is 3.67. The number of nitrogens with one attached hydrogen (secondary N) is 1. The summed E-state index contributed by atoms with van der Waals surface area (Å²) in [6, 6.07) is 9.58.